The Bertz CT molecular complexity index is 162. The zero-order chi connectivity index (χ0) is 7.56. The van der Waals surface area contributed by atoms with Crippen molar-refractivity contribution < 1.29 is 14.6 Å². The molecule has 1 aliphatic carbocycles. The molecule has 0 saturated carbocycles. The van der Waals surface area contributed by atoms with E-state index < -0.39 is 5.97 Å². The Balaban J connectivity index is 2.45. The minimum atomic E-state index is -0.768. The van der Waals surface area contributed by atoms with Crippen molar-refractivity contribution in [2.45, 2.75) is 12.5 Å². The molecule has 0 radical (unpaired) electrons. The van der Waals surface area contributed by atoms with Gasteiger partial charge in [0.2, 0.25) is 0 Å². The lowest BCUT2D eigenvalue weighted by Crippen LogP contribution is -2.12. The van der Waals surface area contributed by atoms with E-state index in [2.05, 4.69) is 0 Å². The van der Waals surface area contributed by atoms with Crippen molar-refractivity contribution in [3.05, 3.63) is 12.2 Å². The van der Waals surface area contributed by atoms with Crippen molar-refractivity contribution in [3.63, 3.8) is 0 Å². The summed E-state index contributed by atoms with van der Waals surface area (Å²) >= 11 is 0. The van der Waals surface area contributed by atoms with Crippen LogP contribution in [0.5, 0.6) is 0 Å². The molecule has 1 N–H and O–H groups in total. The number of carboxylic acids is 1. The van der Waals surface area contributed by atoms with Gasteiger partial charge < -0.3 is 9.84 Å². The third-order valence-electron chi connectivity index (χ3n) is 1.66. The van der Waals surface area contributed by atoms with Crippen LogP contribution in [-0.2, 0) is 9.53 Å². The normalized spacial score (nSPS) is 30.9. The SMILES string of the molecule is CO[C@@H]1C=C[C@@H](C(=O)O)C1. The zero-order valence-corrected chi connectivity index (χ0v) is 5.78. The van der Waals surface area contributed by atoms with E-state index in [9.17, 15) is 4.79 Å². The summed E-state index contributed by atoms with van der Waals surface area (Å²) in [6, 6.07) is 0. The first kappa shape index (κ1) is 7.28. The van der Waals surface area contributed by atoms with Gasteiger partial charge in [-0.3, -0.25) is 4.79 Å². The Kier molecular flexibility index (Phi) is 2.06. The van der Waals surface area contributed by atoms with Gasteiger partial charge in [-0.15, -0.1) is 0 Å². The van der Waals surface area contributed by atoms with Crippen LogP contribution in [0.4, 0.5) is 0 Å². The third-order valence-corrected chi connectivity index (χ3v) is 1.66. The maximum Gasteiger partial charge on any atom is 0.310 e. The molecule has 0 bridgehead atoms. The van der Waals surface area contributed by atoms with E-state index >= 15 is 0 Å². The van der Waals surface area contributed by atoms with Gasteiger partial charge in [0.05, 0.1) is 12.0 Å². The second-order valence-electron chi connectivity index (χ2n) is 2.34. The van der Waals surface area contributed by atoms with E-state index in [-0.39, 0.29) is 12.0 Å². The van der Waals surface area contributed by atoms with Gasteiger partial charge in [0, 0.05) is 7.11 Å². The minimum Gasteiger partial charge on any atom is -0.481 e. The van der Waals surface area contributed by atoms with Gasteiger partial charge >= 0.3 is 5.97 Å². The quantitative estimate of drug-likeness (QED) is 0.576. The van der Waals surface area contributed by atoms with E-state index in [1.807, 2.05) is 0 Å². The van der Waals surface area contributed by atoms with Crippen molar-refractivity contribution in [2.75, 3.05) is 7.11 Å². The lowest BCUT2D eigenvalue weighted by molar-refractivity contribution is -0.140. The lowest BCUT2D eigenvalue weighted by atomic mass is 10.1. The van der Waals surface area contributed by atoms with Crippen molar-refractivity contribution in [1.82, 2.24) is 0 Å². The molecule has 10 heavy (non-hydrogen) atoms. The summed E-state index contributed by atoms with van der Waals surface area (Å²) in [6.07, 6.45) is 4.04. The average Bonchev–Trinajstić information content (AvgIpc) is 2.34. The summed E-state index contributed by atoms with van der Waals surface area (Å²) in [7, 11) is 1.58. The van der Waals surface area contributed by atoms with Crippen LogP contribution in [0.3, 0.4) is 0 Å². The molecule has 0 fully saturated rings. The molecule has 1 aliphatic rings. The van der Waals surface area contributed by atoms with Crippen LogP contribution in [0.25, 0.3) is 0 Å². The average molecular weight is 142 g/mol. The molecule has 56 valence electrons. The second-order valence-corrected chi connectivity index (χ2v) is 2.34. The number of ether oxygens (including phenoxy) is 1. The first-order valence-electron chi connectivity index (χ1n) is 3.18. The summed E-state index contributed by atoms with van der Waals surface area (Å²) in [6.45, 7) is 0. The number of hydrogen-bond donors (Lipinski definition) is 1. The van der Waals surface area contributed by atoms with Gasteiger partial charge in [0.1, 0.15) is 0 Å². The number of aliphatic carboxylic acids is 1. The van der Waals surface area contributed by atoms with Crippen LogP contribution >= 0.6 is 0 Å². The monoisotopic (exact) mass is 142 g/mol. The van der Waals surface area contributed by atoms with E-state index in [0.717, 1.165) is 0 Å². The van der Waals surface area contributed by atoms with Gasteiger partial charge in [-0.25, -0.2) is 0 Å². The predicted molar refractivity (Wildman–Crippen MR) is 35.7 cm³/mol. The van der Waals surface area contributed by atoms with E-state index in [4.69, 9.17) is 9.84 Å². The van der Waals surface area contributed by atoms with Crippen molar-refractivity contribution in [3.8, 4) is 0 Å². The summed E-state index contributed by atoms with van der Waals surface area (Å²) in [5.41, 5.74) is 0. The van der Waals surface area contributed by atoms with E-state index in [0.29, 0.717) is 6.42 Å². The molecule has 0 amide bonds. The number of methoxy groups -OCH3 is 1. The first-order valence-corrected chi connectivity index (χ1v) is 3.18. The van der Waals surface area contributed by atoms with Gasteiger partial charge in [-0.2, -0.15) is 0 Å². The maximum atomic E-state index is 10.4. The Morgan fingerprint density at radius 1 is 1.70 bits per heavy atom. The van der Waals surface area contributed by atoms with E-state index in [1.54, 1.807) is 19.3 Å². The van der Waals surface area contributed by atoms with Crippen LogP contribution < -0.4 is 0 Å². The van der Waals surface area contributed by atoms with Crippen LogP contribution in [0.15, 0.2) is 12.2 Å². The molecule has 0 spiro atoms. The highest BCUT2D eigenvalue weighted by atomic mass is 16.5. The Hall–Kier alpha value is -0.830. The van der Waals surface area contributed by atoms with Gasteiger partial charge in [0.15, 0.2) is 0 Å². The fraction of sp³-hybridized carbons (Fsp3) is 0.571. The Morgan fingerprint density at radius 2 is 2.40 bits per heavy atom. The third kappa shape index (κ3) is 1.36. The standard InChI is InChI=1S/C7H10O3/c1-10-6-3-2-5(4-6)7(8)9/h2-3,5-6H,4H2,1H3,(H,8,9)/t5-,6-/m1/s1. The van der Waals surface area contributed by atoms with Crippen LogP contribution in [0.2, 0.25) is 0 Å². The van der Waals surface area contributed by atoms with Gasteiger partial charge in [-0.05, 0) is 6.42 Å². The van der Waals surface area contributed by atoms with Crippen LogP contribution in [-0.4, -0.2) is 24.3 Å². The number of hydrogen-bond acceptors (Lipinski definition) is 2. The molecule has 0 unspecified atom stereocenters. The number of rotatable bonds is 2. The molecule has 3 nitrogen and oxygen atoms in total. The van der Waals surface area contributed by atoms with Crippen LogP contribution in [0, 0.1) is 5.92 Å². The highest BCUT2D eigenvalue weighted by Gasteiger charge is 2.23. The minimum absolute atomic E-state index is 0.00102. The second kappa shape index (κ2) is 2.84. The Labute approximate surface area is 59.3 Å². The summed E-state index contributed by atoms with van der Waals surface area (Å²) in [5, 5.41) is 8.52. The molecule has 0 aliphatic heterocycles. The smallest absolute Gasteiger partial charge is 0.310 e. The largest absolute Gasteiger partial charge is 0.481 e. The first-order chi connectivity index (χ1) is 4.74. The van der Waals surface area contributed by atoms with E-state index in [1.165, 1.54) is 0 Å². The summed E-state index contributed by atoms with van der Waals surface area (Å²) in [4.78, 5) is 10.4. The van der Waals surface area contributed by atoms with Gasteiger partial charge in [0.25, 0.3) is 0 Å². The topological polar surface area (TPSA) is 46.5 Å². The molecule has 0 aromatic rings. The highest BCUT2D eigenvalue weighted by Crippen LogP contribution is 2.19. The molecule has 1 rings (SSSR count). The zero-order valence-electron chi connectivity index (χ0n) is 5.78. The molecular formula is C7H10O3. The lowest BCUT2D eigenvalue weighted by Gasteiger charge is -2.05. The van der Waals surface area contributed by atoms with Crippen LogP contribution in [0.1, 0.15) is 6.42 Å². The molecule has 0 heterocycles. The van der Waals surface area contributed by atoms with Crippen molar-refractivity contribution >= 4 is 5.97 Å². The number of carboxylic acid groups (broad SMARTS) is 1. The predicted octanol–water partition coefficient (Wildman–Crippen LogP) is 0.662. The number of carbonyl (C=O) groups is 1. The molecule has 0 saturated heterocycles. The van der Waals surface area contributed by atoms with Crippen molar-refractivity contribution in [2.24, 2.45) is 5.92 Å². The maximum absolute atomic E-state index is 10.4. The molecule has 0 aromatic carbocycles. The summed E-state index contributed by atoms with van der Waals surface area (Å²) in [5.74, 6) is -1.11. The fourth-order valence-electron chi connectivity index (χ4n) is 1.02. The van der Waals surface area contributed by atoms with Crippen molar-refractivity contribution in [1.29, 1.82) is 0 Å². The fourth-order valence-corrected chi connectivity index (χ4v) is 1.02. The van der Waals surface area contributed by atoms with Gasteiger partial charge in [-0.1, -0.05) is 12.2 Å². The molecule has 2 atom stereocenters. The molecule has 3 heteroatoms. The molecule has 0 aromatic heterocycles. The molecular weight excluding hydrogens is 132 g/mol. The summed E-state index contributed by atoms with van der Waals surface area (Å²) < 4.78 is 4.94. The highest BCUT2D eigenvalue weighted by molar-refractivity contribution is 5.72. The Morgan fingerprint density at radius 3 is 2.70 bits per heavy atom.